The van der Waals surface area contributed by atoms with E-state index in [9.17, 15) is 18.4 Å². The molecule has 0 N–H and O–H groups in total. The number of aromatic nitrogens is 2. The number of nitrogens with zero attached hydrogens (tertiary/aromatic N) is 4. The number of hydrogen-bond donors (Lipinski definition) is 0. The largest absolute Gasteiger partial charge is 0.352 e. The van der Waals surface area contributed by atoms with Crippen LogP contribution in [0, 0.1) is 18.6 Å². The molecule has 1 amide bonds. The summed E-state index contributed by atoms with van der Waals surface area (Å²) in [6.07, 6.45) is 2.10. The second-order valence-electron chi connectivity index (χ2n) is 9.54. The molecule has 36 heavy (non-hydrogen) atoms. The summed E-state index contributed by atoms with van der Waals surface area (Å²) in [5, 5.41) is 0.825. The van der Waals surface area contributed by atoms with Crippen LogP contribution in [0.3, 0.4) is 0 Å². The van der Waals surface area contributed by atoms with Crippen molar-refractivity contribution < 1.29 is 13.6 Å². The molecule has 3 aromatic rings. The number of thioether (sulfide) groups is 1. The fraction of sp³-hybridized carbons (Fsp3) is 0.370. The average molecular weight is 511 g/mol. The van der Waals surface area contributed by atoms with Crippen molar-refractivity contribution in [3.63, 3.8) is 0 Å². The van der Waals surface area contributed by atoms with E-state index in [1.807, 2.05) is 31.7 Å². The van der Waals surface area contributed by atoms with Crippen molar-refractivity contribution >= 4 is 34.4 Å². The molecular weight excluding hydrogens is 482 g/mol. The molecule has 1 aromatic heterocycles. The Morgan fingerprint density at radius 2 is 1.92 bits per heavy atom. The number of anilines is 1. The van der Waals surface area contributed by atoms with E-state index in [-0.39, 0.29) is 23.7 Å². The molecule has 2 atom stereocenters. The Kier molecular flexibility index (Phi) is 6.36. The predicted molar refractivity (Wildman–Crippen MR) is 140 cm³/mol. The summed E-state index contributed by atoms with van der Waals surface area (Å²) < 4.78 is 30.3. The van der Waals surface area contributed by atoms with Crippen LogP contribution in [0.15, 0.2) is 46.6 Å². The highest BCUT2D eigenvalue weighted by Crippen LogP contribution is 2.44. The van der Waals surface area contributed by atoms with E-state index in [1.165, 1.54) is 18.2 Å². The highest BCUT2D eigenvalue weighted by atomic mass is 32.2. The summed E-state index contributed by atoms with van der Waals surface area (Å²) >= 11 is 1.59. The number of piperazine rings is 1. The highest BCUT2D eigenvalue weighted by molar-refractivity contribution is 7.99. The number of halogens is 2. The van der Waals surface area contributed by atoms with Crippen molar-refractivity contribution in [2.75, 3.05) is 23.7 Å². The molecule has 0 aliphatic carbocycles. The summed E-state index contributed by atoms with van der Waals surface area (Å²) in [5.74, 6) is -0.0366. The van der Waals surface area contributed by atoms with E-state index in [2.05, 4.69) is 16.5 Å². The minimum Gasteiger partial charge on any atom is -0.352 e. The number of hydrogen-bond acceptors (Lipinski definition) is 5. The van der Waals surface area contributed by atoms with Gasteiger partial charge in [0.1, 0.15) is 17.5 Å². The van der Waals surface area contributed by atoms with Crippen LogP contribution in [0.1, 0.15) is 25.8 Å². The molecule has 2 aromatic carbocycles. The molecule has 1 saturated heterocycles. The number of aryl methyl sites for hydroxylation is 2. The molecule has 3 heterocycles. The molecule has 0 bridgehead atoms. The van der Waals surface area contributed by atoms with Crippen LogP contribution in [0.25, 0.3) is 22.0 Å². The van der Waals surface area contributed by atoms with Gasteiger partial charge >= 0.3 is 5.69 Å². The van der Waals surface area contributed by atoms with E-state index >= 15 is 0 Å². The molecule has 2 aliphatic rings. The molecule has 2 aliphatic heterocycles. The second kappa shape index (κ2) is 9.35. The molecule has 9 heteroatoms. The fourth-order valence-corrected chi connectivity index (χ4v) is 6.82. The van der Waals surface area contributed by atoms with Crippen molar-refractivity contribution in [3.05, 3.63) is 64.6 Å². The van der Waals surface area contributed by atoms with Gasteiger partial charge in [-0.15, -0.1) is 11.8 Å². The molecule has 0 saturated carbocycles. The van der Waals surface area contributed by atoms with Gasteiger partial charge in [0.05, 0.1) is 5.52 Å². The molecule has 0 radical (unpaired) electrons. The first-order valence-corrected chi connectivity index (χ1v) is 13.1. The number of amides is 1. The zero-order valence-corrected chi connectivity index (χ0v) is 21.4. The molecule has 6 nitrogen and oxygen atoms in total. The number of carbonyl (C=O) groups excluding carboxylic acids is 1. The number of benzene rings is 2. The van der Waals surface area contributed by atoms with Gasteiger partial charge in [0.2, 0.25) is 5.91 Å². The van der Waals surface area contributed by atoms with Gasteiger partial charge < -0.3 is 9.80 Å². The molecule has 188 valence electrons. The molecule has 0 unspecified atom stereocenters. The van der Waals surface area contributed by atoms with Crippen molar-refractivity contribution in [2.24, 2.45) is 0 Å². The first kappa shape index (κ1) is 24.5. The first-order chi connectivity index (χ1) is 17.2. The van der Waals surface area contributed by atoms with Gasteiger partial charge in [-0.1, -0.05) is 6.58 Å². The van der Waals surface area contributed by atoms with Gasteiger partial charge in [-0.2, -0.15) is 4.98 Å². The molecule has 5 rings (SSSR count). The van der Waals surface area contributed by atoms with Crippen LogP contribution in [0.5, 0.6) is 0 Å². The average Bonchev–Trinajstić information content (AvgIpc) is 3.05. The maximum absolute atomic E-state index is 14.9. The maximum Gasteiger partial charge on any atom is 0.350 e. The van der Waals surface area contributed by atoms with Gasteiger partial charge in [-0.3, -0.25) is 9.36 Å². The normalized spacial score (nSPS) is 19.9. The molecule has 1 fully saturated rings. The predicted octanol–water partition coefficient (Wildman–Crippen LogP) is 4.76. The minimum atomic E-state index is -0.632. The lowest BCUT2D eigenvalue weighted by Crippen LogP contribution is -2.58. The van der Waals surface area contributed by atoms with Gasteiger partial charge in [0.25, 0.3) is 0 Å². The third kappa shape index (κ3) is 3.99. The minimum absolute atomic E-state index is 0.100. The van der Waals surface area contributed by atoms with Crippen LogP contribution >= 0.6 is 11.8 Å². The van der Waals surface area contributed by atoms with Crippen molar-refractivity contribution in [2.45, 2.75) is 50.7 Å². The zero-order valence-electron chi connectivity index (χ0n) is 20.6. The quantitative estimate of drug-likeness (QED) is 0.476. The van der Waals surface area contributed by atoms with Crippen LogP contribution in [0.2, 0.25) is 0 Å². The van der Waals surface area contributed by atoms with Crippen LogP contribution < -0.4 is 10.6 Å². The Morgan fingerprint density at radius 1 is 1.19 bits per heavy atom. The lowest BCUT2D eigenvalue weighted by Gasteiger charge is -2.44. The van der Waals surface area contributed by atoms with Gasteiger partial charge in [-0.05, 0) is 62.8 Å². The molecule has 0 spiro atoms. The first-order valence-electron chi connectivity index (χ1n) is 12.1. The van der Waals surface area contributed by atoms with Crippen molar-refractivity contribution in [1.29, 1.82) is 0 Å². The van der Waals surface area contributed by atoms with E-state index in [1.54, 1.807) is 16.3 Å². The Balaban J connectivity index is 1.73. The maximum atomic E-state index is 14.9. The third-order valence-corrected chi connectivity index (χ3v) is 8.20. The van der Waals surface area contributed by atoms with E-state index in [0.29, 0.717) is 36.6 Å². The van der Waals surface area contributed by atoms with Crippen molar-refractivity contribution in [3.8, 4) is 11.1 Å². The number of rotatable bonds is 3. The van der Waals surface area contributed by atoms with Gasteiger partial charge in [0.15, 0.2) is 0 Å². The summed E-state index contributed by atoms with van der Waals surface area (Å²) in [5.41, 5.74) is 2.21. The monoisotopic (exact) mass is 510 g/mol. The number of carbonyl (C=O) groups is 1. The molecular formula is C27H28F2N4O2S. The second-order valence-corrected chi connectivity index (χ2v) is 10.6. The van der Waals surface area contributed by atoms with Crippen LogP contribution in [0.4, 0.5) is 14.6 Å². The highest BCUT2D eigenvalue weighted by Gasteiger charge is 2.34. The Bertz CT molecular complexity index is 1440. The lowest BCUT2D eigenvalue weighted by atomic mass is 9.97. The van der Waals surface area contributed by atoms with E-state index in [0.717, 1.165) is 39.6 Å². The van der Waals surface area contributed by atoms with Crippen molar-refractivity contribution in [1.82, 2.24) is 14.5 Å². The summed E-state index contributed by atoms with van der Waals surface area (Å²) in [6.45, 7) is 11.0. The fourth-order valence-electron chi connectivity index (χ4n) is 5.57. The Hall–Kier alpha value is -3.20. The zero-order chi connectivity index (χ0) is 25.7. The summed E-state index contributed by atoms with van der Waals surface area (Å²) in [4.78, 5) is 34.9. The Labute approximate surface area is 212 Å². The van der Waals surface area contributed by atoms with Gasteiger partial charge in [-0.25, -0.2) is 13.6 Å². The van der Waals surface area contributed by atoms with E-state index < -0.39 is 11.6 Å². The van der Waals surface area contributed by atoms with Crippen LogP contribution in [-0.2, 0) is 11.3 Å². The van der Waals surface area contributed by atoms with Gasteiger partial charge in [0, 0.05) is 59.2 Å². The Morgan fingerprint density at radius 3 is 2.58 bits per heavy atom. The standard InChI is InChI=1S/C27H28F2N4O2S/c1-5-22(34)33-16(3)13-31(14-17(33)4)26-20-11-15(2)23(19-8-7-18(28)12-21(19)29)25-24(20)32(27(35)30-26)9-6-10-36-25/h5,7-8,11-12,16-17H,1,6,9-10,13-14H2,2-4H3/t16-,17+. The smallest absolute Gasteiger partial charge is 0.350 e. The summed E-state index contributed by atoms with van der Waals surface area (Å²) in [7, 11) is 0. The van der Waals surface area contributed by atoms with Crippen LogP contribution in [-0.4, -0.2) is 51.3 Å². The summed E-state index contributed by atoms with van der Waals surface area (Å²) in [6, 6.07) is 5.37. The lowest BCUT2D eigenvalue weighted by molar-refractivity contribution is -0.130. The van der Waals surface area contributed by atoms with E-state index in [4.69, 9.17) is 0 Å². The third-order valence-electron chi connectivity index (χ3n) is 7.02. The SMILES string of the molecule is C=CC(=O)N1[C@H](C)CN(c2nc(=O)n3c4c(c(-c5ccc(F)cc5F)c(C)cc24)SCCC3)C[C@@H]1C. The topological polar surface area (TPSA) is 58.4 Å².